The predicted octanol–water partition coefficient (Wildman–Crippen LogP) is 2.60. The number of aromatic amines is 1. The zero-order valence-electron chi connectivity index (χ0n) is 16.1. The van der Waals surface area contributed by atoms with Crippen molar-refractivity contribution in [1.29, 1.82) is 5.26 Å². The van der Waals surface area contributed by atoms with Gasteiger partial charge in [-0.1, -0.05) is 6.07 Å². The van der Waals surface area contributed by atoms with Gasteiger partial charge in [0.25, 0.3) is 0 Å². The zero-order valence-corrected chi connectivity index (χ0v) is 17.8. The number of likely N-dealkylation sites (tertiary alicyclic amines) is 1. The second kappa shape index (κ2) is 9.02. The Morgan fingerprint density at radius 3 is 2.67 bits per heavy atom. The van der Waals surface area contributed by atoms with Crippen LogP contribution in [-0.2, 0) is 10.0 Å². The van der Waals surface area contributed by atoms with Crippen molar-refractivity contribution in [2.45, 2.75) is 17.7 Å². The molecule has 1 aromatic carbocycles. The molecule has 0 aliphatic carbocycles. The molecule has 0 spiro atoms. The zero-order chi connectivity index (χ0) is 20.4. The lowest BCUT2D eigenvalue weighted by molar-refractivity contribution is 0.344. The Morgan fingerprint density at radius 2 is 2.00 bits per heavy atom. The van der Waals surface area contributed by atoms with Crippen LogP contribution in [0, 0.1) is 11.3 Å². The van der Waals surface area contributed by atoms with E-state index in [-0.39, 0.29) is 23.2 Å². The lowest BCUT2D eigenvalue weighted by Crippen LogP contribution is -2.33. The summed E-state index contributed by atoms with van der Waals surface area (Å²) in [4.78, 5) is 9.40. The fraction of sp³-hybridized carbons (Fsp3) is 0.300. The third-order valence-electron chi connectivity index (χ3n) is 5.13. The van der Waals surface area contributed by atoms with Crippen molar-refractivity contribution in [3.63, 3.8) is 0 Å². The number of nitriles is 1. The van der Waals surface area contributed by atoms with Gasteiger partial charge in [-0.25, -0.2) is 13.1 Å². The van der Waals surface area contributed by atoms with E-state index in [2.05, 4.69) is 25.7 Å². The number of pyridine rings is 1. The number of hydrogen-bond acceptors (Lipinski definition) is 6. The molecule has 8 nitrogen and oxygen atoms in total. The van der Waals surface area contributed by atoms with Crippen LogP contribution in [0.15, 0.2) is 41.4 Å². The molecule has 0 amide bonds. The second-order valence-corrected chi connectivity index (χ2v) is 8.81. The maximum atomic E-state index is 12.5. The maximum absolute atomic E-state index is 12.5. The van der Waals surface area contributed by atoms with Gasteiger partial charge >= 0.3 is 0 Å². The molecule has 0 bridgehead atoms. The van der Waals surface area contributed by atoms with Gasteiger partial charge < -0.3 is 15.0 Å². The van der Waals surface area contributed by atoms with Crippen LogP contribution in [0.1, 0.15) is 18.4 Å². The number of benzene rings is 1. The van der Waals surface area contributed by atoms with Gasteiger partial charge in [0, 0.05) is 24.7 Å². The number of aromatic nitrogens is 2. The summed E-state index contributed by atoms with van der Waals surface area (Å²) in [7, 11) is -3.64. The Kier molecular flexibility index (Phi) is 6.63. The van der Waals surface area contributed by atoms with Gasteiger partial charge in [0.05, 0.1) is 28.4 Å². The smallest absolute Gasteiger partial charge is 0.242 e. The fourth-order valence-electron chi connectivity index (χ4n) is 3.63. The first-order chi connectivity index (χ1) is 14.0. The maximum Gasteiger partial charge on any atom is 0.242 e. The van der Waals surface area contributed by atoms with E-state index in [0.717, 1.165) is 25.9 Å². The molecule has 3 aromatic rings. The highest BCUT2D eigenvalue weighted by molar-refractivity contribution is 7.89. The first-order valence-corrected chi connectivity index (χ1v) is 10.9. The number of H-pyrrole nitrogens is 1. The summed E-state index contributed by atoms with van der Waals surface area (Å²) in [5.74, 6) is -0.0815. The Balaban J connectivity index is 0.00000256. The van der Waals surface area contributed by atoms with E-state index in [4.69, 9.17) is 5.26 Å². The molecule has 3 N–H and O–H groups in total. The minimum absolute atomic E-state index is 0. The topological polar surface area (TPSA) is 122 Å². The minimum atomic E-state index is -3.64. The second-order valence-electron chi connectivity index (χ2n) is 7.05. The first kappa shape index (κ1) is 22.1. The quantitative estimate of drug-likeness (QED) is 0.533. The van der Waals surface area contributed by atoms with Gasteiger partial charge in [0.1, 0.15) is 4.90 Å². The molecule has 0 atom stereocenters. The molecular formula is C20H22ClN5O3S. The number of rotatable bonds is 6. The number of fused-ring (bicyclic) bond motifs is 1. The Morgan fingerprint density at radius 1 is 1.23 bits per heavy atom. The van der Waals surface area contributed by atoms with Crippen molar-refractivity contribution >= 4 is 33.3 Å². The average molecular weight is 448 g/mol. The third-order valence-corrected chi connectivity index (χ3v) is 6.58. The lowest BCUT2D eigenvalue weighted by atomic mass is 10.1. The molecule has 3 heterocycles. The molecular weight excluding hydrogens is 426 g/mol. The highest BCUT2D eigenvalue weighted by Gasteiger charge is 2.19. The minimum Gasteiger partial charge on any atom is -0.494 e. The van der Waals surface area contributed by atoms with Crippen molar-refractivity contribution in [2.75, 3.05) is 26.2 Å². The summed E-state index contributed by atoms with van der Waals surface area (Å²) >= 11 is 0. The SMILES string of the molecule is Cl.N#Cc1ccc2c(-c3ccc(S(=O)(=O)NCCN4CCCC4)cn3)c(O)[nH]c2c1. The van der Waals surface area contributed by atoms with Crippen LogP contribution in [0.25, 0.3) is 22.2 Å². The molecule has 1 aliphatic heterocycles. The van der Waals surface area contributed by atoms with Gasteiger partial charge in [0.2, 0.25) is 10.0 Å². The number of halogens is 1. The lowest BCUT2D eigenvalue weighted by Gasteiger charge is -2.14. The Hall–Kier alpha value is -2.64. The van der Waals surface area contributed by atoms with Crippen molar-refractivity contribution in [2.24, 2.45) is 0 Å². The van der Waals surface area contributed by atoms with E-state index >= 15 is 0 Å². The van der Waals surface area contributed by atoms with Gasteiger partial charge in [0.15, 0.2) is 5.88 Å². The Labute approximate surface area is 181 Å². The molecule has 2 aromatic heterocycles. The van der Waals surface area contributed by atoms with Crippen LogP contribution in [0.4, 0.5) is 0 Å². The van der Waals surface area contributed by atoms with E-state index in [1.807, 2.05) is 0 Å². The van der Waals surface area contributed by atoms with Gasteiger partial charge in [-0.2, -0.15) is 5.26 Å². The van der Waals surface area contributed by atoms with Crippen LogP contribution in [0.2, 0.25) is 0 Å². The van der Waals surface area contributed by atoms with E-state index in [0.29, 0.717) is 40.8 Å². The molecule has 30 heavy (non-hydrogen) atoms. The van der Waals surface area contributed by atoms with Gasteiger partial charge in [-0.15, -0.1) is 12.4 Å². The molecule has 1 saturated heterocycles. The van der Waals surface area contributed by atoms with Gasteiger partial charge in [-0.05, 0) is 50.2 Å². The standard InChI is InChI=1S/C20H21N5O3S.ClH/c21-12-14-3-5-16-18(11-14)24-20(26)19(16)17-6-4-15(13-22-17)29(27,28)23-7-10-25-8-1-2-9-25;/h3-6,11,13,23-24,26H,1-2,7-10H2;1H. The van der Waals surface area contributed by atoms with E-state index in [1.54, 1.807) is 24.3 Å². The van der Waals surface area contributed by atoms with E-state index < -0.39 is 10.0 Å². The first-order valence-electron chi connectivity index (χ1n) is 9.41. The predicted molar refractivity (Wildman–Crippen MR) is 116 cm³/mol. The summed E-state index contributed by atoms with van der Waals surface area (Å²) < 4.78 is 27.6. The monoisotopic (exact) mass is 447 g/mol. The van der Waals surface area contributed by atoms with Crippen molar-refractivity contribution in [3.05, 3.63) is 42.1 Å². The molecule has 0 unspecified atom stereocenters. The van der Waals surface area contributed by atoms with Crippen molar-refractivity contribution < 1.29 is 13.5 Å². The summed E-state index contributed by atoms with van der Waals surface area (Å²) in [6.07, 6.45) is 3.61. The summed E-state index contributed by atoms with van der Waals surface area (Å²) in [6, 6.07) is 10.1. The largest absolute Gasteiger partial charge is 0.494 e. The van der Waals surface area contributed by atoms with Gasteiger partial charge in [-0.3, -0.25) is 4.98 Å². The normalized spacial score (nSPS) is 14.5. The van der Waals surface area contributed by atoms with Crippen LogP contribution < -0.4 is 4.72 Å². The molecule has 4 rings (SSSR count). The molecule has 158 valence electrons. The highest BCUT2D eigenvalue weighted by Crippen LogP contribution is 2.36. The van der Waals surface area contributed by atoms with E-state index in [1.165, 1.54) is 12.3 Å². The molecule has 1 fully saturated rings. The number of sulfonamides is 1. The number of nitrogens with one attached hydrogen (secondary N) is 2. The highest BCUT2D eigenvalue weighted by atomic mass is 35.5. The Bertz CT molecular complexity index is 1180. The fourth-order valence-corrected chi connectivity index (χ4v) is 4.59. The molecule has 0 radical (unpaired) electrons. The summed E-state index contributed by atoms with van der Waals surface area (Å²) in [6.45, 7) is 3.08. The number of nitrogens with zero attached hydrogens (tertiary/aromatic N) is 3. The summed E-state index contributed by atoms with van der Waals surface area (Å²) in [5, 5.41) is 20.0. The van der Waals surface area contributed by atoms with Crippen molar-refractivity contribution in [1.82, 2.24) is 19.6 Å². The summed E-state index contributed by atoms with van der Waals surface area (Å²) in [5.41, 5.74) is 1.99. The van der Waals surface area contributed by atoms with Crippen molar-refractivity contribution in [3.8, 4) is 23.2 Å². The van der Waals surface area contributed by atoms with E-state index in [9.17, 15) is 13.5 Å². The van der Waals surface area contributed by atoms with Crippen LogP contribution in [-0.4, -0.2) is 54.6 Å². The average Bonchev–Trinajstić information content (AvgIpc) is 3.34. The molecule has 10 heteroatoms. The number of aromatic hydroxyl groups is 1. The van der Waals surface area contributed by atoms with Crippen LogP contribution in [0.5, 0.6) is 5.88 Å². The van der Waals surface area contributed by atoms with Crippen LogP contribution >= 0.6 is 12.4 Å². The molecule has 1 aliphatic rings. The molecule has 0 saturated carbocycles. The van der Waals surface area contributed by atoms with Crippen LogP contribution in [0.3, 0.4) is 0 Å². The number of hydrogen-bond donors (Lipinski definition) is 3. The third kappa shape index (κ3) is 4.42.